The summed E-state index contributed by atoms with van der Waals surface area (Å²) in [5, 5.41) is 12.7. The fraction of sp³-hybridized carbons (Fsp3) is 0.367. The van der Waals surface area contributed by atoms with Crippen molar-refractivity contribution in [1.29, 1.82) is 0 Å². The molecular formula is C49H53N3O7. The van der Waals surface area contributed by atoms with E-state index in [1.165, 1.54) is 12.8 Å². The van der Waals surface area contributed by atoms with Crippen LogP contribution in [0.1, 0.15) is 82.6 Å². The van der Waals surface area contributed by atoms with Crippen molar-refractivity contribution in [2.24, 2.45) is 5.92 Å². The highest BCUT2D eigenvalue weighted by Crippen LogP contribution is 2.41. The van der Waals surface area contributed by atoms with Crippen LogP contribution in [0.2, 0.25) is 0 Å². The fourth-order valence-corrected chi connectivity index (χ4v) is 8.51. The van der Waals surface area contributed by atoms with Gasteiger partial charge in [0.25, 0.3) is 5.91 Å². The van der Waals surface area contributed by atoms with Gasteiger partial charge in [0.1, 0.15) is 25.2 Å². The molecule has 0 radical (unpaired) electrons. The Balaban J connectivity index is 0.989. The zero-order valence-electron chi connectivity index (χ0n) is 34.1. The maximum absolute atomic E-state index is 14.4. The molecule has 0 unspecified atom stereocenters. The molecule has 10 heteroatoms. The minimum absolute atomic E-state index is 0.0953. The standard InChI is InChI=1S/C49H53N3O7/c1-31-9-17-41(18-10-31)58-42-19-15-36(16-20-42)47-29-57-45-25-38-24-44(52(27-39(38)26-46(45)59-47)49(55)37-7-5-4-6-8-37)48(54)51-40(28-56-30-53)23-34-11-13-35(14-12-34)43-21-22-50-33(3)32(43)2/h4-8,11-16,19-22,25-26,31,40-41,44,47,53H,9-10,17-18,23-24,27-30H2,1-3H3,(H,51,54)/t31?,40-,41?,44-,47+/m0/s1. The average molecular weight is 796 g/mol. The van der Waals surface area contributed by atoms with Gasteiger partial charge in [0.05, 0.1) is 18.8 Å². The Morgan fingerprint density at radius 2 is 1.66 bits per heavy atom. The highest BCUT2D eigenvalue weighted by atomic mass is 16.6. The lowest BCUT2D eigenvalue weighted by Crippen LogP contribution is -2.55. The molecule has 1 aliphatic carbocycles. The number of aromatic nitrogens is 1. The smallest absolute Gasteiger partial charge is 0.254 e. The highest BCUT2D eigenvalue weighted by molar-refractivity contribution is 5.98. The second-order valence-electron chi connectivity index (χ2n) is 16.2. The van der Waals surface area contributed by atoms with E-state index >= 15 is 0 Å². The van der Waals surface area contributed by atoms with E-state index < -0.39 is 18.9 Å². The van der Waals surface area contributed by atoms with Gasteiger partial charge in [-0.05, 0) is 133 Å². The van der Waals surface area contributed by atoms with Crippen molar-refractivity contribution in [3.8, 4) is 28.4 Å². The summed E-state index contributed by atoms with van der Waals surface area (Å²) in [4.78, 5) is 34.6. The Kier molecular flexibility index (Phi) is 12.3. The highest BCUT2D eigenvalue weighted by Gasteiger charge is 2.37. The van der Waals surface area contributed by atoms with Gasteiger partial charge in [-0.2, -0.15) is 0 Å². The van der Waals surface area contributed by atoms with E-state index in [4.69, 9.17) is 18.9 Å². The molecule has 5 aromatic rings. The molecule has 306 valence electrons. The molecule has 2 aliphatic heterocycles. The van der Waals surface area contributed by atoms with E-state index in [2.05, 4.69) is 36.3 Å². The molecule has 2 N–H and O–H groups in total. The third-order valence-corrected chi connectivity index (χ3v) is 12.1. The lowest BCUT2D eigenvalue weighted by atomic mass is 9.89. The molecule has 10 nitrogen and oxygen atoms in total. The van der Waals surface area contributed by atoms with E-state index in [1.54, 1.807) is 17.0 Å². The van der Waals surface area contributed by atoms with E-state index in [-0.39, 0.29) is 43.6 Å². The van der Waals surface area contributed by atoms with Crippen LogP contribution in [0.4, 0.5) is 0 Å². The lowest BCUT2D eigenvalue weighted by Gasteiger charge is -2.38. The van der Waals surface area contributed by atoms with Gasteiger partial charge in [-0.1, -0.05) is 61.5 Å². The van der Waals surface area contributed by atoms with Crippen LogP contribution in [0.5, 0.6) is 17.2 Å². The Hall–Kier alpha value is -5.71. The van der Waals surface area contributed by atoms with E-state index in [0.29, 0.717) is 30.1 Å². The summed E-state index contributed by atoms with van der Waals surface area (Å²) in [6.07, 6.45) is 7.11. The van der Waals surface area contributed by atoms with Gasteiger partial charge in [0.15, 0.2) is 17.6 Å². The zero-order valence-corrected chi connectivity index (χ0v) is 34.1. The molecule has 2 amide bonds. The number of aliphatic hydroxyl groups is 1. The van der Waals surface area contributed by atoms with Crippen LogP contribution >= 0.6 is 0 Å². The van der Waals surface area contributed by atoms with Crippen molar-refractivity contribution in [2.75, 3.05) is 20.0 Å². The van der Waals surface area contributed by atoms with Crippen LogP contribution in [-0.2, 0) is 28.9 Å². The Bertz CT molecular complexity index is 2240. The van der Waals surface area contributed by atoms with E-state index in [1.807, 2.05) is 85.9 Å². The Labute approximate surface area is 346 Å². The van der Waals surface area contributed by atoms with Gasteiger partial charge >= 0.3 is 0 Å². The number of benzene rings is 4. The number of carbonyl (C=O) groups is 2. The predicted octanol–water partition coefficient (Wildman–Crippen LogP) is 8.10. The molecular weight excluding hydrogens is 743 g/mol. The molecule has 1 aromatic heterocycles. The summed E-state index contributed by atoms with van der Waals surface area (Å²) in [6.45, 7) is 6.54. The van der Waals surface area contributed by atoms with Crippen LogP contribution in [0.3, 0.4) is 0 Å². The van der Waals surface area contributed by atoms with Crippen molar-refractivity contribution in [3.63, 3.8) is 0 Å². The number of aryl methyl sites for hydroxylation is 1. The molecule has 0 spiro atoms. The van der Waals surface area contributed by atoms with Crippen molar-refractivity contribution in [1.82, 2.24) is 15.2 Å². The topological polar surface area (TPSA) is 119 Å². The van der Waals surface area contributed by atoms with Crippen LogP contribution < -0.4 is 19.5 Å². The van der Waals surface area contributed by atoms with Crippen molar-refractivity contribution in [3.05, 3.63) is 142 Å². The minimum atomic E-state index is -0.805. The van der Waals surface area contributed by atoms with Crippen LogP contribution in [-0.4, -0.2) is 65.0 Å². The summed E-state index contributed by atoms with van der Waals surface area (Å²) in [7, 11) is 0. The summed E-state index contributed by atoms with van der Waals surface area (Å²) in [5.41, 5.74) is 8.62. The van der Waals surface area contributed by atoms with Crippen molar-refractivity contribution >= 4 is 11.8 Å². The third-order valence-electron chi connectivity index (χ3n) is 12.1. The lowest BCUT2D eigenvalue weighted by molar-refractivity contribution is -0.127. The van der Waals surface area contributed by atoms with E-state index in [0.717, 1.165) is 69.1 Å². The molecule has 1 saturated carbocycles. The maximum Gasteiger partial charge on any atom is 0.254 e. The van der Waals surface area contributed by atoms with Crippen molar-refractivity contribution in [2.45, 2.75) is 90.1 Å². The molecule has 3 aliphatic rings. The molecule has 59 heavy (non-hydrogen) atoms. The Morgan fingerprint density at radius 3 is 2.41 bits per heavy atom. The maximum atomic E-state index is 14.4. The number of rotatable bonds is 12. The normalized spacial score (nSPS) is 20.3. The SMILES string of the molecule is Cc1nccc(-c2ccc(C[C@@H](COCO)NC(=O)[C@@H]3Cc4cc5c(cc4CN3C(=O)c3ccccc3)O[C@@H](c3ccc(OC4CCC(C)CC4)cc3)CO5)cc2)c1C. The summed E-state index contributed by atoms with van der Waals surface area (Å²) in [5.74, 6) is 2.32. The number of nitrogens with zero attached hydrogens (tertiary/aromatic N) is 2. The molecule has 8 rings (SSSR count). The average Bonchev–Trinajstić information content (AvgIpc) is 3.26. The number of aliphatic hydroxyl groups excluding tert-OH is 1. The summed E-state index contributed by atoms with van der Waals surface area (Å²) < 4.78 is 24.6. The number of hydrogen-bond donors (Lipinski definition) is 2. The molecule has 3 atom stereocenters. The van der Waals surface area contributed by atoms with Crippen molar-refractivity contribution < 1.29 is 33.6 Å². The van der Waals surface area contributed by atoms with Gasteiger partial charge in [-0.25, -0.2) is 0 Å². The first-order chi connectivity index (χ1) is 28.7. The first-order valence-electron chi connectivity index (χ1n) is 20.8. The minimum Gasteiger partial charge on any atom is -0.490 e. The Morgan fingerprint density at radius 1 is 0.915 bits per heavy atom. The monoisotopic (exact) mass is 795 g/mol. The molecule has 0 saturated heterocycles. The third kappa shape index (κ3) is 9.29. The molecule has 1 fully saturated rings. The number of carbonyl (C=O) groups excluding carboxylic acids is 2. The molecule has 0 bridgehead atoms. The van der Waals surface area contributed by atoms with Gasteiger partial charge in [-0.3, -0.25) is 14.6 Å². The largest absolute Gasteiger partial charge is 0.490 e. The number of nitrogens with one attached hydrogen (secondary N) is 1. The van der Waals surface area contributed by atoms with Gasteiger partial charge in [-0.15, -0.1) is 0 Å². The number of hydrogen-bond acceptors (Lipinski definition) is 8. The zero-order chi connectivity index (χ0) is 40.9. The van der Waals surface area contributed by atoms with Gasteiger partial charge in [0.2, 0.25) is 5.91 Å². The number of ether oxygens (including phenoxy) is 4. The predicted molar refractivity (Wildman–Crippen MR) is 225 cm³/mol. The second-order valence-corrected chi connectivity index (χ2v) is 16.2. The number of amides is 2. The van der Waals surface area contributed by atoms with E-state index in [9.17, 15) is 14.7 Å². The quantitative estimate of drug-likeness (QED) is 0.122. The van der Waals surface area contributed by atoms with Crippen LogP contribution in [0.25, 0.3) is 11.1 Å². The van der Waals surface area contributed by atoms with Crippen LogP contribution in [0.15, 0.2) is 103 Å². The fourth-order valence-electron chi connectivity index (χ4n) is 8.51. The number of pyridine rings is 1. The first-order valence-corrected chi connectivity index (χ1v) is 20.8. The summed E-state index contributed by atoms with van der Waals surface area (Å²) >= 11 is 0. The summed E-state index contributed by atoms with van der Waals surface area (Å²) in [6, 6.07) is 30.0. The second kappa shape index (κ2) is 18.1. The van der Waals surface area contributed by atoms with Crippen LogP contribution in [0, 0.1) is 19.8 Å². The van der Waals surface area contributed by atoms with Gasteiger partial charge in [0, 0.05) is 30.4 Å². The molecule has 3 heterocycles. The first kappa shape index (κ1) is 40.1. The van der Waals surface area contributed by atoms with Gasteiger partial charge < -0.3 is 34.3 Å². The number of fused-ring (bicyclic) bond motifs is 2. The molecule has 4 aromatic carbocycles.